The van der Waals surface area contributed by atoms with Gasteiger partial charge in [0.25, 0.3) is 0 Å². The second-order valence-electron chi connectivity index (χ2n) is 5.44. The average Bonchev–Trinajstić information content (AvgIpc) is 2.96. The number of fused-ring (bicyclic) bond motifs is 1. The molecule has 5 heteroatoms. The summed E-state index contributed by atoms with van der Waals surface area (Å²) in [5, 5.41) is 5.52. The number of hydrogen-bond acceptors (Lipinski definition) is 3. The summed E-state index contributed by atoms with van der Waals surface area (Å²) in [7, 11) is 1.59. The van der Waals surface area contributed by atoms with Gasteiger partial charge in [-0.2, -0.15) is 0 Å². The molecule has 2 aliphatic carbocycles. The molecule has 3 unspecified atom stereocenters. The van der Waals surface area contributed by atoms with E-state index in [0.29, 0.717) is 13.2 Å². The first-order valence-electron chi connectivity index (χ1n) is 6.68. The number of amides is 2. The van der Waals surface area contributed by atoms with Crippen LogP contribution in [0.5, 0.6) is 0 Å². The van der Waals surface area contributed by atoms with Crippen LogP contribution in [0.25, 0.3) is 0 Å². The van der Waals surface area contributed by atoms with Crippen molar-refractivity contribution in [1.29, 1.82) is 0 Å². The van der Waals surface area contributed by atoms with Crippen molar-refractivity contribution in [3.63, 3.8) is 0 Å². The van der Waals surface area contributed by atoms with E-state index < -0.39 is 6.04 Å². The van der Waals surface area contributed by atoms with Crippen LogP contribution in [0.15, 0.2) is 0 Å². The van der Waals surface area contributed by atoms with E-state index in [1.165, 1.54) is 6.42 Å². The van der Waals surface area contributed by atoms with Crippen molar-refractivity contribution in [2.45, 2.75) is 32.2 Å². The zero-order chi connectivity index (χ0) is 13.1. The van der Waals surface area contributed by atoms with E-state index in [0.717, 1.165) is 24.7 Å². The fourth-order valence-electron chi connectivity index (χ4n) is 2.76. The standard InChI is InChI=1S/C13H22N2O3/c1-8(12(16)14-3-4-18-2)15-13(17)11-6-9-5-10(9)7-11/h8-11H,3-7H2,1-2H3,(H,14,16)(H,15,17). The Morgan fingerprint density at radius 1 is 1.28 bits per heavy atom. The number of rotatable bonds is 6. The minimum Gasteiger partial charge on any atom is -0.383 e. The maximum Gasteiger partial charge on any atom is 0.242 e. The summed E-state index contributed by atoms with van der Waals surface area (Å²) in [6, 6.07) is -0.466. The molecule has 2 N–H and O–H groups in total. The number of nitrogens with one attached hydrogen (secondary N) is 2. The van der Waals surface area contributed by atoms with Crippen molar-refractivity contribution in [2.75, 3.05) is 20.3 Å². The van der Waals surface area contributed by atoms with Crippen molar-refractivity contribution in [3.8, 4) is 0 Å². The molecule has 0 radical (unpaired) electrons. The van der Waals surface area contributed by atoms with E-state index in [2.05, 4.69) is 10.6 Å². The Hall–Kier alpha value is -1.10. The lowest BCUT2D eigenvalue weighted by Gasteiger charge is -2.17. The predicted octanol–water partition coefficient (Wildman–Crippen LogP) is 0.300. The summed E-state index contributed by atoms with van der Waals surface area (Å²) in [5.74, 6) is 1.58. The van der Waals surface area contributed by atoms with Crippen molar-refractivity contribution < 1.29 is 14.3 Å². The van der Waals surface area contributed by atoms with Crippen LogP contribution in [0.1, 0.15) is 26.2 Å². The number of carbonyl (C=O) groups is 2. The predicted molar refractivity (Wildman–Crippen MR) is 66.8 cm³/mol. The van der Waals surface area contributed by atoms with E-state index in [-0.39, 0.29) is 17.7 Å². The van der Waals surface area contributed by atoms with Crippen molar-refractivity contribution >= 4 is 11.8 Å². The molecule has 0 aromatic heterocycles. The lowest BCUT2D eigenvalue weighted by atomic mass is 10.0. The van der Waals surface area contributed by atoms with E-state index in [9.17, 15) is 9.59 Å². The first-order chi connectivity index (χ1) is 8.61. The van der Waals surface area contributed by atoms with Gasteiger partial charge < -0.3 is 15.4 Å². The number of ether oxygens (including phenoxy) is 1. The quantitative estimate of drug-likeness (QED) is 0.670. The van der Waals surface area contributed by atoms with E-state index in [1.54, 1.807) is 14.0 Å². The van der Waals surface area contributed by atoms with Crippen LogP contribution in [0.4, 0.5) is 0 Å². The molecular formula is C13H22N2O3. The zero-order valence-electron chi connectivity index (χ0n) is 11.1. The fourth-order valence-corrected chi connectivity index (χ4v) is 2.76. The SMILES string of the molecule is COCCNC(=O)C(C)NC(=O)C1CC2CC2C1. The molecule has 0 aromatic rings. The minimum atomic E-state index is -0.466. The number of hydrogen-bond donors (Lipinski definition) is 2. The summed E-state index contributed by atoms with van der Waals surface area (Å²) < 4.78 is 4.85. The Morgan fingerprint density at radius 3 is 2.56 bits per heavy atom. The Morgan fingerprint density at radius 2 is 1.94 bits per heavy atom. The molecular weight excluding hydrogens is 232 g/mol. The van der Waals surface area contributed by atoms with Gasteiger partial charge in [-0.25, -0.2) is 0 Å². The molecule has 0 bridgehead atoms. The van der Waals surface area contributed by atoms with Crippen molar-refractivity contribution in [1.82, 2.24) is 10.6 Å². The molecule has 0 heterocycles. The maximum atomic E-state index is 11.9. The van der Waals surface area contributed by atoms with Gasteiger partial charge in [0.1, 0.15) is 6.04 Å². The van der Waals surface area contributed by atoms with Gasteiger partial charge in [0.15, 0.2) is 0 Å². The van der Waals surface area contributed by atoms with Crippen molar-refractivity contribution in [3.05, 3.63) is 0 Å². The van der Waals surface area contributed by atoms with Gasteiger partial charge in [-0.05, 0) is 38.0 Å². The largest absolute Gasteiger partial charge is 0.383 e. The van der Waals surface area contributed by atoms with Crippen LogP contribution in [0.2, 0.25) is 0 Å². The van der Waals surface area contributed by atoms with Gasteiger partial charge in [-0.3, -0.25) is 9.59 Å². The Bertz CT molecular complexity index is 322. The molecule has 0 saturated heterocycles. The molecule has 2 aliphatic rings. The van der Waals surface area contributed by atoms with Gasteiger partial charge in [0.2, 0.25) is 11.8 Å². The van der Waals surface area contributed by atoms with E-state index >= 15 is 0 Å². The van der Waals surface area contributed by atoms with Crippen LogP contribution in [0, 0.1) is 17.8 Å². The normalized spacial score (nSPS) is 30.4. The minimum absolute atomic E-state index is 0.0385. The molecule has 2 rings (SSSR count). The molecule has 2 amide bonds. The van der Waals surface area contributed by atoms with E-state index in [1.807, 2.05) is 0 Å². The highest BCUT2D eigenvalue weighted by atomic mass is 16.5. The lowest BCUT2D eigenvalue weighted by molar-refractivity contribution is -0.130. The summed E-state index contributed by atoms with van der Waals surface area (Å²) in [6.45, 7) is 2.68. The van der Waals surface area contributed by atoms with Gasteiger partial charge in [0.05, 0.1) is 6.61 Å². The second kappa shape index (κ2) is 5.69. The van der Waals surface area contributed by atoms with E-state index in [4.69, 9.17) is 4.74 Å². The molecule has 0 aromatic carbocycles. The summed E-state index contributed by atoms with van der Waals surface area (Å²) >= 11 is 0. The van der Waals surface area contributed by atoms with Crippen LogP contribution in [0.3, 0.4) is 0 Å². The highest BCUT2D eigenvalue weighted by molar-refractivity contribution is 5.88. The average molecular weight is 254 g/mol. The molecule has 0 spiro atoms. The number of carbonyl (C=O) groups excluding carboxylic acids is 2. The molecule has 3 atom stereocenters. The highest BCUT2D eigenvalue weighted by Gasteiger charge is 2.48. The summed E-state index contributed by atoms with van der Waals surface area (Å²) in [5.41, 5.74) is 0. The van der Waals surface area contributed by atoms with Crippen LogP contribution >= 0.6 is 0 Å². The summed E-state index contributed by atoms with van der Waals surface area (Å²) in [6.07, 6.45) is 3.32. The van der Waals surface area contributed by atoms with Gasteiger partial charge in [0, 0.05) is 19.6 Å². The lowest BCUT2D eigenvalue weighted by Crippen LogP contribution is -2.47. The second-order valence-corrected chi connectivity index (χ2v) is 5.44. The fraction of sp³-hybridized carbons (Fsp3) is 0.846. The molecule has 2 fully saturated rings. The highest BCUT2D eigenvalue weighted by Crippen LogP contribution is 2.54. The third-order valence-electron chi connectivity index (χ3n) is 3.97. The Kier molecular flexibility index (Phi) is 4.22. The third-order valence-corrected chi connectivity index (χ3v) is 3.97. The molecule has 0 aliphatic heterocycles. The van der Waals surface area contributed by atoms with Crippen LogP contribution in [-0.4, -0.2) is 38.1 Å². The van der Waals surface area contributed by atoms with Gasteiger partial charge in [-0.1, -0.05) is 0 Å². The smallest absolute Gasteiger partial charge is 0.242 e. The zero-order valence-corrected chi connectivity index (χ0v) is 11.1. The van der Waals surface area contributed by atoms with Crippen molar-refractivity contribution in [2.24, 2.45) is 17.8 Å². The summed E-state index contributed by atoms with van der Waals surface area (Å²) in [4.78, 5) is 23.6. The molecule has 5 nitrogen and oxygen atoms in total. The third kappa shape index (κ3) is 3.22. The van der Waals surface area contributed by atoms with Gasteiger partial charge >= 0.3 is 0 Å². The van der Waals surface area contributed by atoms with Crippen LogP contribution in [-0.2, 0) is 14.3 Å². The van der Waals surface area contributed by atoms with Gasteiger partial charge in [-0.15, -0.1) is 0 Å². The topological polar surface area (TPSA) is 67.4 Å². The number of methoxy groups -OCH3 is 1. The Labute approximate surface area is 108 Å². The maximum absolute atomic E-state index is 11.9. The molecule has 2 saturated carbocycles. The van der Waals surface area contributed by atoms with Crippen LogP contribution < -0.4 is 10.6 Å². The molecule has 102 valence electrons. The Balaban J connectivity index is 1.67. The first kappa shape index (κ1) is 13.3. The molecule has 18 heavy (non-hydrogen) atoms. The monoisotopic (exact) mass is 254 g/mol. The first-order valence-corrected chi connectivity index (χ1v) is 6.68.